The maximum absolute atomic E-state index is 6.11. The highest BCUT2D eigenvalue weighted by atomic mass is 16.5. The first-order valence-electron chi connectivity index (χ1n) is 10.8. The average Bonchev–Trinajstić information content (AvgIpc) is 2.74. The van der Waals surface area contributed by atoms with Gasteiger partial charge in [0.2, 0.25) is 0 Å². The molecule has 0 radical (unpaired) electrons. The van der Waals surface area contributed by atoms with Crippen LogP contribution in [0.1, 0.15) is 46.1 Å². The molecule has 30 heavy (non-hydrogen) atoms. The molecule has 0 saturated carbocycles. The zero-order valence-corrected chi connectivity index (χ0v) is 19.6. The van der Waals surface area contributed by atoms with Gasteiger partial charge in [0.15, 0.2) is 5.96 Å². The maximum atomic E-state index is 6.11. The van der Waals surface area contributed by atoms with Crippen LogP contribution < -0.4 is 24.8 Å². The highest BCUT2D eigenvalue weighted by Crippen LogP contribution is 2.35. The lowest BCUT2D eigenvalue weighted by atomic mass is 9.78. The van der Waals surface area contributed by atoms with Gasteiger partial charge in [-0.1, -0.05) is 20.8 Å². The Morgan fingerprint density at radius 1 is 1.10 bits per heavy atom. The summed E-state index contributed by atoms with van der Waals surface area (Å²) in [6, 6.07) is 3.70. The number of nitrogens with zero attached hydrogens (tertiary/aromatic N) is 1. The number of methoxy groups -OCH3 is 3. The Bertz CT molecular complexity index is 675. The van der Waals surface area contributed by atoms with Gasteiger partial charge in [-0.2, -0.15) is 0 Å². The van der Waals surface area contributed by atoms with Crippen LogP contribution in [0.25, 0.3) is 0 Å². The minimum Gasteiger partial charge on any atom is -0.496 e. The highest BCUT2D eigenvalue weighted by Gasteiger charge is 2.35. The Labute approximate surface area is 181 Å². The zero-order valence-electron chi connectivity index (χ0n) is 19.6. The summed E-state index contributed by atoms with van der Waals surface area (Å²) in [4.78, 5) is 4.78. The molecule has 0 aliphatic carbocycles. The van der Waals surface area contributed by atoms with Gasteiger partial charge < -0.3 is 29.6 Å². The third kappa shape index (κ3) is 6.42. The number of ether oxygens (including phenoxy) is 4. The maximum Gasteiger partial charge on any atom is 0.191 e. The van der Waals surface area contributed by atoms with Crippen LogP contribution in [-0.2, 0) is 11.3 Å². The van der Waals surface area contributed by atoms with Crippen molar-refractivity contribution in [3.63, 3.8) is 0 Å². The molecule has 1 aromatic carbocycles. The molecule has 1 saturated heterocycles. The molecule has 7 nitrogen and oxygen atoms in total. The largest absolute Gasteiger partial charge is 0.496 e. The first kappa shape index (κ1) is 24.1. The summed E-state index contributed by atoms with van der Waals surface area (Å²) in [7, 11) is 4.90. The molecule has 1 aliphatic rings. The number of rotatable bonds is 8. The molecule has 0 spiro atoms. The summed E-state index contributed by atoms with van der Waals surface area (Å²) in [5.74, 6) is 3.30. The van der Waals surface area contributed by atoms with E-state index < -0.39 is 0 Å². The van der Waals surface area contributed by atoms with Crippen LogP contribution in [0.15, 0.2) is 17.1 Å². The van der Waals surface area contributed by atoms with Gasteiger partial charge in [0.25, 0.3) is 0 Å². The molecule has 2 N–H and O–H groups in total. The van der Waals surface area contributed by atoms with Crippen LogP contribution >= 0.6 is 0 Å². The van der Waals surface area contributed by atoms with E-state index in [1.54, 1.807) is 21.3 Å². The molecule has 1 aromatic rings. The Kier molecular flexibility index (Phi) is 9.08. The van der Waals surface area contributed by atoms with Crippen molar-refractivity contribution in [1.82, 2.24) is 10.6 Å². The summed E-state index contributed by atoms with van der Waals surface area (Å²) in [5, 5.41) is 6.85. The predicted octanol–water partition coefficient (Wildman–Crippen LogP) is 3.61. The normalized spacial score (nSPS) is 19.9. The van der Waals surface area contributed by atoms with Gasteiger partial charge in [0, 0.05) is 37.7 Å². The second kappa shape index (κ2) is 11.3. The predicted molar refractivity (Wildman–Crippen MR) is 121 cm³/mol. The average molecular weight is 422 g/mol. The van der Waals surface area contributed by atoms with Crippen LogP contribution in [0.2, 0.25) is 0 Å². The van der Waals surface area contributed by atoms with Crippen LogP contribution in [0, 0.1) is 11.3 Å². The second-order valence-electron chi connectivity index (χ2n) is 8.65. The van der Waals surface area contributed by atoms with Crippen LogP contribution in [-0.4, -0.2) is 53.1 Å². The molecule has 2 atom stereocenters. The first-order chi connectivity index (χ1) is 14.3. The summed E-state index contributed by atoms with van der Waals surface area (Å²) in [5.41, 5.74) is 0.998. The van der Waals surface area contributed by atoms with Gasteiger partial charge >= 0.3 is 0 Å². The van der Waals surface area contributed by atoms with Crippen molar-refractivity contribution >= 4 is 5.96 Å². The SMILES string of the molecule is CCNC(=NCc1c(OC)cc(OC)cc1OC)NCC1CCCOC1C(C)(C)C. The van der Waals surface area contributed by atoms with Crippen molar-refractivity contribution in [2.24, 2.45) is 16.3 Å². The van der Waals surface area contributed by atoms with Crippen LogP contribution in [0.5, 0.6) is 17.2 Å². The standard InChI is InChI=1S/C23H39N3O4/c1-8-24-22(25-14-16-10-9-11-30-21(16)23(2,3)4)26-15-18-19(28-6)12-17(27-5)13-20(18)29-7/h12-13,16,21H,8-11,14-15H2,1-7H3,(H2,24,25,26). The minimum atomic E-state index is 0.117. The number of benzene rings is 1. The fourth-order valence-electron chi connectivity index (χ4n) is 3.97. The Morgan fingerprint density at radius 2 is 1.77 bits per heavy atom. The van der Waals surface area contributed by atoms with E-state index >= 15 is 0 Å². The molecule has 2 unspecified atom stereocenters. The monoisotopic (exact) mass is 421 g/mol. The molecule has 170 valence electrons. The van der Waals surface area contributed by atoms with E-state index in [0.717, 1.165) is 44.1 Å². The van der Waals surface area contributed by atoms with Crippen molar-refractivity contribution in [3.05, 3.63) is 17.7 Å². The molecule has 0 amide bonds. The first-order valence-corrected chi connectivity index (χ1v) is 10.8. The molecule has 7 heteroatoms. The lowest BCUT2D eigenvalue weighted by molar-refractivity contribution is -0.0835. The van der Waals surface area contributed by atoms with Gasteiger partial charge in [-0.05, 0) is 25.2 Å². The lowest BCUT2D eigenvalue weighted by Gasteiger charge is -2.40. The van der Waals surface area contributed by atoms with Gasteiger partial charge in [0.1, 0.15) is 17.2 Å². The van der Waals surface area contributed by atoms with Gasteiger partial charge in [-0.15, -0.1) is 0 Å². The highest BCUT2D eigenvalue weighted by molar-refractivity contribution is 5.79. The summed E-state index contributed by atoms with van der Waals surface area (Å²) in [6.45, 7) is 11.7. The van der Waals surface area contributed by atoms with Gasteiger partial charge in [0.05, 0.1) is 39.5 Å². The third-order valence-electron chi connectivity index (χ3n) is 5.39. The topological polar surface area (TPSA) is 73.3 Å². The van der Waals surface area contributed by atoms with Crippen molar-refractivity contribution in [2.75, 3.05) is 41.0 Å². The molecular weight excluding hydrogens is 382 g/mol. The number of nitrogens with one attached hydrogen (secondary N) is 2. The van der Waals surface area contributed by atoms with Gasteiger partial charge in [-0.3, -0.25) is 0 Å². The minimum absolute atomic E-state index is 0.117. The number of aliphatic imine (C=N–C) groups is 1. The van der Waals surface area contributed by atoms with E-state index in [1.165, 1.54) is 0 Å². The molecule has 0 bridgehead atoms. The summed E-state index contributed by atoms with van der Waals surface area (Å²) >= 11 is 0. The van der Waals surface area contributed by atoms with Gasteiger partial charge in [-0.25, -0.2) is 4.99 Å². The zero-order chi connectivity index (χ0) is 22.1. The molecule has 1 fully saturated rings. The van der Waals surface area contributed by atoms with E-state index in [1.807, 2.05) is 12.1 Å². The van der Waals surface area contributed by atoms with E-state index in [4.69, 9.17) is 23.9 Å². The van der Waals surface area contributed by atoms with Crippen molar-refractivity contribution in [1.29, 1.82) is 0 Å². The van der Waals surface area contributed by atoms with Crippen LogP contribution in [0.4, 0.5) is 0 Å². The van der Waals surface area contributed by atoms with E-state index in [9.17, 15) is 0 Å². The van der Waals surface area contributed by atoms with Crippen LogP contribution in [0.3, 0.4) is 0 Å². The fourth-order valence-corrected chi connectivity index (χ4v) is 3.97. The van der Waals surface area contributed by atoms with Crippen molar-refractivity contribution < 1.29 is 18.9 Å². The smallest absolute Gasteiger partial charge is 0.191 e. The number of hydrogen-bond donors (Lipinski definition) is 2. The van der Waals surface area contributed by atoms with E-state index in [2.05, 4.69) is 38.3 Å². The summed E-state index contributed by atoms with van der Waals surface area (Å²) in [6.07, 6.45) is 2.50. The third-order valence-corrected chi connectivity index (χ3v) is 5.39. The lowest BCUT2D eigenvalue weighted by Crippen LogP contribution is -2.47. The molecule has 1 aliphatic heterocycles. The Hall–Kier alpha value is -2.15. The second-order valence-corrected chi connectivity index (χ2v) is 8.65. The Morgan fingerprint density at radius 3 is 2.30 bits per heavy atom. The Balaban J connectivity index is 2.15. The number of guanidine groups is 1. The number of hydrogen-bond acceptors (Lipinski definition) is 5. The van der Waals surface area contributed by atoms with Crippen molar-refractivity contribution in [3.8, 4) is 17.2 Å². The molecular formula is C23H39N3O4. The van der Waals surface area contributed by atoms with E-state index in [0.29, 0.717) is 29.7 Å². The fraction of sp³-hybridized carbons (Fsp3) is 0.696. The van der Waals surface area contributed by atoms with Crippen molar-refractivity contribution in [2.45, 2.75) is 53.2 Å². The van der Waals surface area contributed by atoms with E-state index in [-0.39, 0.29) is 11.5 Å². The molecule has 0 aromatic heterocycles. The molecule has 1 heterocycles. The molecule has 2 rings (SSSR count). The summed E-state index contributed by atoms with van der Waals surface area (Å²) < 4.78 is 22.5. The quantitative estimate of drug-likeness (QED) is 0.493.